The average Bonchev–Trinajstić information content (AvgIpc) is 1.90. The topological polar surface area (TPSA) is 24.4 Å². The van der Waals surface area contributed by atoms with Gasteiger partial charge in [-0.1, -0.05) is 19.9 Å². The van der Waals surface area contributed by atoms with Gasteiger partial charge in [0.1, 0.15) is 0 Å². The van der Waals surface area contributed by atoms with Crippen LogP contribution in [0.4, 0.5) is 0 Å². The minimum atomic E-state index is 0.212. The Morgan fingerprint density at radius 1 is 1.60 bits per heavy atom. The predicted molar refractivity (Wildman–Crippen MR) is 44.0 cm³/mol. The molecule has 1 N–H and O–H groups in total. The van der Waals surface area contributed by atoms with E-state index in [1.54, 1.807) is 6.34 Å². The van der Waals surface area contributed by atoms with Crippen molar-refractivity contribution in [2.24, 2.45) is 10.4 Å². The first-order valence-electron chi connectivity index (χ1n) is 3.54. The molecular formula is C8H14N2. The van der Waals surface area contributed by atoms with E-state index in [2.05, 4.69) is 37.2 Å². The van der Waals surface area contributed by atoms with Crippen molar-refractivity contribution in [1.29, 1.82) is 0 Å². The van der Waals surface area contributed by atoms with E-state index in [0.717, 1.165) is 6.54 Å². The normalized spacial score (nSPS) is 22.9. The van der Waals surface area contributed by atoms with Crippen LogP contribution in [0.3, 0.4) is 0 Å². The Bertz CT molecular complexity index is 178. The second-order valence-electron chi connectivity index (χ2n) is 3.43. The van der Waals surface area contributed by atoms with Gasteiger partial charge >= 0.3 is 0 Å². The van der Waals surface area contributed by atoms with Crippen molar-refractivity contribution in [3.8, 4) is 0 Å². The fourth-order valence-electron chi connectivity index (χ4n) is 1.10. The highest BCUT2D eigenvalue weighted by Crippen LogP contribution is 2.19. The van der Waals surface area contributed by atoms with Gasteiger partial charge in [-0.25, -0.2) is 0 Å². The standard InChI is InChI=1S/C8H14N2/c1-7-4-8(2,3)5-9-6-10-7/h4,6H,5H2,1-3H3,(H,9,10). The van der Waals surface area contributed by atoms with Crippen molar-refractivity contribution in [3.63, 3.8) is 0 Å². The lowest BCUT2D eigenvalue weighted by Crippen LogP contribution is -2.11. The molecule has 1 heterocycles. The third-order valence-electron chi connectivity index (χ3n) is 1.49. The molecule has 0 aliphatic carbocycles. The van der Waals surface area contributed by atoms with Crippen LogP contribution in [-0.4, -0.2) is 12.9 Å². The molecule has 0 aromatic rings. The minimum Gasteiger partial charge on any atom is -0.351 e. The molecule has 1 aliphatic rings. The number of allylic oxidation sites excluding steroid dienone is 1. The molecular weight excluding hydrogens is 124 g/mol. The summed E-state index contributed by atoms with van der Waals surface area (Å²) in [5.41, 5.74) is 1.40. The second-order valence-corrected chi connectivity index (χ2v) is 3.43. The van der Waals surface area contributed by atoms with Crippen molar-refractivity contribution in [3.05, 3.63) is 11.8 Å². The van der Waals surface area contributed by atoms with Gasteiger partial charge in [0.15, 0.2) is 0 Å². The predicted octanol–water partition coefficient (Wildman–Crippen LogP) is 1.55. The zero-order chi connectivity index (χ0) is 7.61. The van der Waals surface area contributed by atoms with Gasteiger partial charge in [-0.2, -0.15) is 0 Å². The summed E-state index contributed by atoms with van der Waals surface area (Å²) in [6.45, 7) is 7.29. The van der Waals surface area contributed by atoms with E-state index in [1.165, 1.54) is 5.70 Å². The fourth-order valence-corrected chi connectivity index (χ4v) is 1.10. The highest BCUT2D eigenvalue weighted by molar-refractivity contribution is 5.58. The second kappa shape index (κ2) is 2.45. The summed E-state index contributed by atoms with van der Waals surface area (Å²) in [5, 5.41) is 3.07. The van der Waals surface area contributed by atoms with Gasteiger partial charge in [0.25, 0.3) is 0 Å². The number of hydrogen-bond donors (Lipinski definition) is 1. The summed E-state index contributed by atoms with van der Waals surface area (Å²) in [4.78, 5) is 4.19. The molecule has 0 aromatic carbocycles. The summed E-state index contributed by atoms with van der Waals surface area (Å²) in [6, 6.07) is 0. The first-order valence-corrected chi connectivity index (χ1v) is 3.54. The number of nitrogens with one attached hydrogen (secondary N) is 1. The lowest BCUT2D eigenvalue weighted by molar-refractivity contribution is 0.496. The molecule has 0 saturated carbocycles. The minimum absolute atomic E-state index is 0.212. The Balaban J connectivity index is 2.79. The molecule has 0 saturated heterocycles. The number of rotatable bonds is 0. The van der Waals surface area contributed by atoms with E-state index in [1.807, 2.05) is 0 Å². The van der Waals surface area contributed by atoms with Crippen molar-refractivity contribution in [2.75, 3.05) is 6.54 Å². The average molecular weight is 138 g/mol. The molecule has 0 radical (unpaired) electrons. The van der Waals surface area contributed by atoms with Gasteiger partial charge in [0, 0.05) is 17.7 Å². The zero-order valence-electron chi connectivity index (χ0n) is 6.81. The van der Waals surface area contributed by atoms with Crippen LogP contribution in [0.2, 0.25) is 0 Å². The maximum Gasteiger partial charge on any atom is 0.0865 e. The molecule has 10 heavy (non-hydrogen) atoms. The van der Waals surface area contributed by atoms with Crippen LogP contribution in [0, 0.1) is 5.41 Å². The summed E-state index contributed by atoms with van der Waals surface area (Å²) in [7, 11) is 0. The van der Waals surface area contributed by atoms with E-state index in [4.69, 9.17) is 0 Å². The quantitative estimate of drug-likeness (QED) is 0.539. The van der Waals surface area contributed by atoms with Gasteiger partial charge in [-0.3, -0.25) is 4.99 Å². The molecule has 0 amide bonds. The summed E-state index contributed by atoms with van der Waals surface area (Å²) in [6.07, 6.45) is 3.97. The maximum atomic E-state index is 4.19. The summed E-state index contributed by atoms with van der Waals surface area (Å²) < 4.78 is 0. The Labute approximate surface area is 62.0 Å². The molecule has 0 fully saturated rings. The maximum absolute atomic E-state index is 4.19. The monoisotopic (exact) mass is 138 g/mol. The van der Waals surface area contributed by atoms with Crippen molar-refractivity contribution < 1.29 is 0 Å². The molecule has 0 atom stereocenters. The SMILES string of the molecule is CC1=CC(C)(C)CN=CN1. The highest BCUT2D eigenvalue weighted by atomic mass is 15.0. The smallest absolute Gasteiger partial charge is 0.0865 e. The molecule has 1 rings (SSSR count). The lowest BCUT2D eigenvalue weighted by Gasteiger charge is -2.15. The van der Waals surface area contributed by atoms with Gasteiger partial charge < -0.3 is 5.32 Å². The molecule has 0 spiro atoms. The fraction of sp³-hybridized carbons (Fsp3) is 0.625. The lowest BCUT2D eigenvalue weighted by atomic mass is 9.93. The Morgan fingerprint density at radius 2 is 2.30 bits per heavy atom. The summed E-state index contributed by atoms with van der Waals surface area (Å²) in [5.74, 6) is 0. The molecule has 2 nitrogen and oxygen atoms in total. The first kappa shape index (κ1) is 7.32. The number of aliphatic imine (C=N–C) groups is 1. The molecule has 0 aromatic heterocycles. The first-order chi connectivity index (χ1) is 4.60. The zero-order valence-corrected chi connectivity index (χ0v) is 6.81. The van der Waals surface area contributed by atoms with Gasteiger partial charge in [0.2, 0.25) is 0 Å². The number of hydrogen-bond acceptors (Lipinski definition) is 2. The Hall–Kier alpha value is -0.790. The van der Waals surface area contributed by atoms with Gasteiger partial charge in [0.05, 0.1) is 6.34 Å². The van der Waals surface area contributed by atoms with E-state index in [0.29, 0.717) is 0 Å². The third-order valence-corrected chi connectivity index (χ3v) is 1.49. The van der Waals surface area contributed by atoms with E-state index < -0.39 is 0 Å². The Morgan fingerprint density at radius 3 is 3.00 bits per heavy atom. The third kappa shape index (κ3) is 1.87. The van der Waals surface area contributed by atoms with Crippen LogP contribution in [0.15, 0.2) is 16.8 Å². The van der Waals surface area contributed by atoms with Gasteiger partial charge in [-0.15, -0.1) is 0 Å². The molecule has 0 bridgehead atoms. The molecule has 2 heteroatoms. The van der Waals surface area contributed by atoms with Crippen molar-refractivity contribution in [1.82, 2.24) is 5.32 Å². The van der Waals surface area contributed by atoms with Crippen LogP contribution in [-0.2, 0) is 0 Å². The van der Waals surface area contributed by atoms with Crippen LogP contribution < -0.4 is 5.32 Å². The molecule has 1 aliphatic heterocycles. The van der Waals surface area contributed by atoms with Crippen LogP contribution in [0.1, 0.15) is 20.8 Å². The van der Waals surface area contributed by atoms with Crippen molar-refractivity contribution in [2.45, 2.75) is 20.8 Å². The molecule has 0 unspecified atom stereocenters. The van der Waals surface area contributed by atoms with Crippen LogP contribution >= 0.6 is 0 Å². The molecule has 56 valence electrons. The van der Waals surface area contributed by atoms with Crippen LogP contribution in [0.5, 0.6) is 0 Å². The Kier molecular flexibility index (Phi) is 1.79. The highest BCUT2D eigenvalue weighted by Gasteiger charge is 2.14. The summed E-state index contributed by atoms with van der Waals surface area (Å²) >= 11 is 0. The van der Waals surface area contributed by atoms with E-state index >= 15 is 0 Å². The van der Waals surface area contributed by atoms with Crippen LogP contribution in [0.25, 0.3) is 0 Å². The number of nitrogens with zero attached hydrogens (tertiary/aromatic N) is 1. The van der Waals surface area contributed by atoms with E-state index in [-0.39, 0.29) is 5.41 Å². The largest absolute Gasteiger partial charge is 0.351 e. The van der Waals surface area contributed by atoms with Gasteiger partial charge in [-0.05, 0) is 6.92 Å². The van der Waals surface area contributed by atoms with E-state index in [9.17, 15) is 0 Å². The van der Waals surface area contributed by atoms with Crippen molar-refractivity contribution >= 4 is 6.34 Å².